The fourth-order valence-corrected chi connectivity index (χ4v) is 5.62. The molecule has 1 saturated heterocycles. The zero-order chi connectivity index (χ0) is 18.1. The van der Waals surface area contributed by atoms with Gasteiger partial charge in [-0.3, -0.25) is 4.79 Å². The molecule has 2 heterocycles. The lowest BCUT2D eigenvalue weighted by atomic mass is 10.0. The van der Waals surface area contributed by atoms with Crippen molar-refractivity contribution in [3.8, 4) is 0 Å². The van der Waals surface area contributed by atoms with E-state index in [9.17, 15) is 14.3 Å². The van der Waals surface area contributed by atoms with Crippen molar-refractivity contribution in [3.63, 3.8) is 0 Å². The molecule has 0 amide bonds. The molecule has 5 nitrogen and oxygen atoms in total. The van der Waals surface area contributed by atoms with Crippen molar-refractivity contribution >= 4 is 24.0 Å². The van der Waals surface area contributed by atoms with Gasteiger partial charge in [0, 0.05) is 10.7 Å². The SMILES string of the molecule is O=c1[nH]nc(C(O)c2ccc(F)c(P3CCNCC3)c2)c2ccccc12. The number of aromatic amines is 1. The van der Waals surface area contributed by atoms with Crippen LogP contribution in [0.15, 0.2) is 47.3 Å². The van der Waals surface area contributed by atoms with Crippen molar-refractivity contribution in [1.82, 2.24) is 15.5 Å². The molecule has 0 saturated carbocycles. The molecular weight excluding hydrogens is 352 g/mol. The monoisotopic (exact) mass is 371 g/mol. The Morgan fingerprint density at radius 1 is 1.12 bits per heavy atom. The van der Waals surface area contributed by atoms with Gasteiger partial charge in [-0.05, 0) is 49.2 Å². The Bertz CT molecular complexity index is 1000. The van der Waals surface area contributed by atoms with E-state index in [1.807, 2.05) is 0 Å². The smallest absolute Gasteiger partial charge is 0.272 e. The molecular formula is C19H19FN3O2P. The lowest BCUT2D eigenvalue weighted by Crippen LogP contribution is -2.31. The van der Waals surface area contributed by atoms with Crippen molar-refractivity contribution in [3.05, 3.63) is 69.9 Å². The minimum Gasteiger partial charge on any atom is -0.382 e. The van der Waals surface area contributed by atoms with E-state index >= 15 is 0 Å². The van der Waals surface area contributed by atoms with Crippen LogP contribution >= 0.6 is 7.92 Å². The summed E-state index contributed by atoms with van der Waals surface area (Å²) in [5, 5.41) is 22.4. The quantitative estimate of drug-likeness (QED) is 0.614. The van der Waals surface area contributed by atoms with Crippen LogP contribution in [0.4, 0.5) is 4.39 Å². The van der Waals surface area contributed by atoms with Crippen LogP contribution in [0.2, 0.25) is 0 Å². The van der Waals surface area contributed by atoms with Crippen molar-refractivity contribution in [2.45, 2.75) is 6.10 Å². The number of halogens is 1. The Kier molecular flexibility index (Phi) is 4.81. The van der Waals surface area contributed by atoms with Gasteiger partial charge in [0.05, 0.1) is 5.39 Å². The number of H-pyrrole nitrogens is 1. The fourth-order valence-electron chi connectivity index (χ4n) is 3.35. The van der Waals surface area contributed by atoms with Crippen molar-refractivity contribution in [2.75, 3.05) is 25.4 Å². The van der Waals surface area contributed by atoms with Gasteiger partial charge >= 0.3 is 0 Å². The molecule has 1 fully saturated rings. The van der Waals surface area contributed by atoms with E-state index in [1.165, 1.54) is 6.07 Å². The highest BCUT2D eigenvalue weighted by Crippen LogP contribution is 2.37. The highest BCUT2D eigenvalue weighted by atomic mass is 31.1. The first-order valence-electron chi connectivity index (χ1n) is 8.55. The number of aliphatic hydroxyl groups excluding tert-OH is 1. The van der Waals surface area contributed by atoms with E-state index in [4.69, 9.17) is 0 Å². The van der Waals surface area contributed by atoms with Crippen molar-refractivity contribution < 1.29 is 9.50 Å². The normalized spacial score (nSPS) is 16.7. The predicted octanol–water partition coefficient (Wildman–Crippen LogP) is 1.85. The van der Waals surface area contributed by atoms with Gasteiger partial charge < -0.3 is 10.4 Å². The average molecular weight is 371 g/mol. The summed E-state index contributed by atoms with van der Waals surface area (Å²) in [4.78, 5) is 11.9. The second-order valence-corrected chi connectivity index (χ2v) is 8.79. The summed E-state index contributed by atoms with van der Waals surface area (Å²) in [5.74, 6) is -0.215. The lowest BCUT2D eigenvalue weighted by Gasteiger charge is -2.25. The molecule has 0 radical (unpaired) electrons. The first-order valence-corrected chi connectivity index (χ1v) is 10.3. The highest BCUT2D eigenvalue weighted by molar-refractivity contribution is 7.65. The number of nitrogens with one attached hydrogen (secondary N) is 2. The Morgan fingerprint density at radius 3 is 2.62 bits per heavy atom. The number of rotatable bonds is 3. The average Bonchev–Trinajstić information content (AvgIpc) is 2.69. The number of hydrogen-bond acceptors (Lipinski definition) is 4. The number of aromatic nitrogens is 2. The Hall–Kier alpha value is -2.14. The highest BCUT2D eigenvalue weighted by Gasteiger charge is 2.22. The van der Waals surface area contributed by atoms with Crippen LogP contribution in [0.3, 0.4) is 0 Å². The molecule has 1 atom stereocenters. The number of nitrogens with zero attached hydrogens (tertiary/aromatic N) is 1. The van der Waals surface area contributed by atoms with Crippen LogP contribution in [0, 0.1) is 5.82 Å². The molecule has 4 rings (SSSR count). The van der Waals surface area contributed by atoms with E-state index in [0.29, 0.717) is 27.3 Å². The van der Waals surface area contributed by atoms with E-state index in [1.54, 1.807) is 36.4 Å². The largest absolute Gasteiger partial charge is 0.382 e. The molecule has 3 aromatic rings. The van der Waals surface area contributed by atoms with Gasteiger partial charge in [0.15, 0.2) is 0 Å². The van der Waals surface area contributed by atoms with E-state index in [2.05, 4.69) is 15.5 Å². The molecule has 1 unspecified atom stereocenters. The summed E-state index contributed by atoms with van der Waals surface area (Å²) < 4.78 is 14.4. The van der Waals surface area contributed by atoms with Crippen molar-refractivity contribution in [2.24, 2.45) is 0 Å². The number of benzene rings is 2. The summed E-state index contributed by atoms with van der Waals surface area (Å²) >= 11 is 0. The first-order chi connectivity index (χ1) is 12.6. The third-order valence-electron chi connectivity index (χ3n) is 4.73. The summed E-state index contributed by atoms with van der Waals surface area (Å²) in [5.41, 5.74) is 0.664. The van der Waals surface area contributed by atoms with E-state index in [0.717, 1.165) is 25.4 Å². The molecule has 134 valence electrons. The second kappa shape index (κ2) is 7.23. The third-order valence-corrected chi connectivity index (χ3v) is 7.28. The minimum atomic E-state index is -1.03. The maximum absolute atomic E-state index is 14.4. The zero-order valence-electron chi connectivity index (χ0n) is 14.1. The first kappa shape index (κ1) is 17.3. The molecule has 3 N–H and O–H groups in total. The van der Waals surface area contributed by atoms with Crippen LogP contribution in [-0.2, 0) is 0 Å². The van der Waals surface area contributed by atoms with Gasteiger partial charge in [-0.25, -0.2) is 9.49 Å². The maximum Gasteiger partial charge on any atom is 0.272 e. The fraction of sp³-hybridized carbons (Fsp3) is 0.263. The van der Waals surface area contributed by atoms with Crippen molar-refractivity contribution in [1.29, 1.82) is 0 Å². The van der Waals surface area contributed by atoms with E-state index < -0.39 is 14.0 Å². The molecule has 1 aromatic heterocycles. The lowest BCUT2D eigenvalue weighted by molar-refractivity contribution is 0.216. The molecule has 0 spiro atoms. The standard InChI is InChI=1S/C19H19FN3O2P/c20-15-6-5-12(11-16(15)26-9-7-21-8-10-26)18(24)17-13-3-1-2-4-14(13)19(25)23-22-17/h1-6,11,18,21,24H,7-10H2,(H,23,25). The predicted molar refractivity (Wildman–Crippen MR) is 102 cm³/mol. The molecule has 0 bridgehead atoms. The second-order valence-electron chi connectivity index (χ2n) is 6.33. The van der Waals surface area contributed by atoms with Crippen LogP contribution in [0.5, 0.6) is 0 Å². The van der Waals surface area contributed by atoms with Crippen LogP contribution in [-0.4, -0.2) is 40.7 Å². The van der Waals surface area contributed by atoms with E-state index in [-0.39, 0.29) is 11.4 Å². The molecule has 7 heteroatoms. The topological polar surface area (TPSA) is 78.0 Å². The summed E-state index contributed by atoms with van der Waals surface area (Å²) in [6.07, 6.45) is 0.839. The molecule has 26 heavy (non-hydrogen) atoms. The Labute approximate surface area is 151 Å². The summed E-state index contributed by atoms with van der Waals surface area (Å²) in [7, 11) is -0.564. The van der Waals surface area contributed by atoms with Gasteiger partial charge in [-0.1, -0.05) is 32.2 Å². The van der Waals surface area contributed by atoms with Crippen LogP contribution < -0.4 is 16.2 Å². The van der Waals surface area contributed by atoms with Gasteiger partial charge in [0.2, 0.25) is 0 Å². The molecule has 1 aliphatic rings. The number of aliphatic hydroxyl groups is 1. The summed E-state index contributed by atoms with van der Waals surface area (Å²) in [6.45, 7) is 1.79. The third kappa shape index (κ3) is 3.16. The van der Waals surface area contributed by atoms with Gasteiger partial charge in [-0.15, -0.1) is 0 Å². The number of fused-ring (bicyclic) bond motifs is 1. The summed E-state index contributed by atoms with van der Waals surface area (Å²) in [6, 6.07) is 11.8. The Morgan fingerprint density at radius 2 is 1.85 bits per heavy atom. The maximum atomic E-state index is 14.4. The minimum absolute atomic E-state index is 0.215. The molecule has 0 aliphatic carbocycles. The van der Waals surface area contributed by atoms with Crippen LogP contribution in [0.25, 0.3) is 10.8 Å². The zero-order valence-corrected chi connectivity index (χ0v) is 15.0. The van der Waals surface area contributed by atoms with Crippen LogP contribution in [0.1, 0.15) is 17.4 Å². The van der Waals surface area contributed by atoms with Gasteiger partial charge in [0.25, 0.3) is 5.56 Å². The van der Waals surface area contributed by atoms with Gasteiger partial charge in [-0.2, -0.15) is 5.10 Å². The number of hydrogen-bond donors (Lipinski definition) is 3. The Balaban J connectivity index is 1.76. The van der Waals surface area contributed by atoms with Gasteiger partial charge in [0.1, 0.15) is 17.6 Å². The molecule has 2 aromatic carbocycles. The molecule has 1 aliphatic heterocycles.